The number of benzene rings is 3. The first-order chi connectivity index (χ1) is 19.8. The van der Waals surface area contributed by atoms with Crippen LogP contribution >= 0.6 is 0 Å². The van der Waals surface area contributed by atoms with E-state index in [1.807, 2.05) is 48.5 Å². The van der Waals surface area contributed by atoms with Gasteiger partial charge in [0.2, 0.25) is 0 Å². The van der Waals surface area contributed by atoms with Gasteiger partial charge in [-0.25, -0.2) is 4.79 Å². The number of fused-ring (bicyclic) bond motifs is 3. The van der Waals surface area contributed by atoms with Crippen LogP contribution in [0.4, 0.5) is 4.79 Å². The normalized spacial score (nSPS) is 12.4. The molecule has 3 amide bonds. The first-order valence-electron chi connectivity index (χ1n) is 15.4. The van der Waals surface area contributed by atoms with Crippen molar-refractivity contribution in [2.24, 2.45) is 11.8 Å². The first kappa shape index (κ1) is 30.4. The highest BCUT2D eigenvalue weighted by atomic mass is 16.5. The Labute approximate surface area is 246 Å². The summed E-state index contributed by atoms with van der Waals surface area (Å²) in [7, 11) is 0. The number of amides is 3. The maximum atomic E-state index is 14.0. The Morgan fingerprint density at radius 1 is 0.805 bits per heavy atom. The summed E-state index contributed by atoms with van der Waals surface area (Å²) >= 11 is 0. The van der Waals surface area contributed by atoms with Gasteiger partial charge in [-0.15, -0.1) is 0 Å². The zero-order chi connectivity index (χ0) is 29.4. The predicted molar refractivity (Wildman–Crippen MR) is 167 cm³/mol. The zero-order valence-corrected chi connectivity index (χ0v) is 25.4. The third-order valence-corrected chi connectivity index (χ3v) is 7.89. The summed E-state index contributed by atoms with van der Waals surface area (Å²) in [6.45, 7) is 11.6. The third-order valence-electron chi connectivity index (χ3n) is 7.89. The van der Waals surface area contributed by atoms with Crippen LogP contribution in [0, 0.1) is 11.8 Å². The topological polar surface area (TPSA) is 67.4 Å². The molecule has 0 atom stereocenters. The summed E-state index contributed by atoms with van der Waals surface area (Å²) in [4.78, 5) is 27.4. The van der Waals surface area contributed by atoms with Crippen LogP contribution in [0.1, 0.15) is 105 Å². The summed E-state index contributed by atoms with van der Waals surface area (Å²) in [5, 5.41) is 5.79. The van der Waals surface area contributed by atoms with Gasteiger partial charge in [0.25, 0.3) is 5.91 Å². The van der Waals surface area contributed by atoms with Crippen LogP contribution in [0.5, 0.6) is 5.75 Å². The molecular formula is C36H46N2O3. The summed E-state index contributed by atoms with van der Waals surface area (Å²) in [5.74, 6) is 1.38. The van der Waals surface area contributed by atoms with Gasteiger partial charge in [0.1, 0.15) is 5.75 Å². The van der Waals surface area contributed by atoms with Crippen LogP contribution < -0.4 is 15.4 Å². The summed E-state index contributed by atoms with van der Waals surface area (Å²) in [6.07, 6.45) is 6.60. The molecule has 3 aromatic rings. The van der Waals surface area contributed by atoms with Crippen molar-refractivity contribution in [3.05, 3.63) is 88.5 Å². The van der Waals surface area contributed by atoms with E-state index in [1.54, 1.807) is 0 Å². The fourth-order valence-electron chi connectivity index (χ4n) is 5.61. The molecule has 41 heavy (non-hydrogen) atoms. The lowest BCUT2D eigenvalue weighted by molar-refractivity contribution is 0.0960. The minimum Gasteiger partial charge on any atom is -0.493 e. The third kappa shape index (κ3) is 7.58. The highest BCUT2D eigenvalue weighted by Gasteiger charge is 2.30. The average molecular weight is 555 g/mol. The van der Waals surface area contributed by atoms with E-state index in [0.29, 0.717) is 24.0 Å². The molecule has 218 valence electrons. The largest absolute Gasteiger partial charge is 0.493 e. The molecule has 0 bridgehead atoms. The average Bonchev–Trinajstić information content (AvgIpc) is 3.26. The Hall–Kier alpha value is -3.60. The van der Waals surface area contributed by atoms with E-state index in [0.717, 1.165) is 84.1 Å². The van der Waals surface area contributed by atoms with E-state index in [4.69, 9.17) is 4.74 Å². The molecule has 0 saturated carbocycles. The van der Waals surface area contributed by atoms with Crippen molar-refractivity contribution in [1.82, 2.24) is 10.6 Å². The fraction of sp³-hybridized carbons (Fsp3) is 0.444. The van der Waals surface area contributed by atoms with Crippen molar-refractivity contribution in [1.29, 1.82) is 0 Å². The smallest absolute Gasteiger partial charge is 0.322 e. The van der Waals surface area contributed by atoms with Crippen LogP contribution in [0.3, 0.4) is 0 Å². The second-order valence-corrected chi connectivity index (χ2v) is 12.0. The number of hydrogen-bond acceptors (Lipinski definition) is 3. The minimum atomic E-state index is -0.495. The van der Waals surface area contributed by atoms with Crippen molar-refractivity contribution in [3.63, 3.8) is 0 Å². The van der Waals surface area contributed by atoms with E-state index >= 15 is 0 Å². The van der Waals surface area contributed by atoms with Gasteiger partial charge in [-0.3, -0.25) is 10.1 Å². The lowest BCUT2D eigenvalue weighted by atomic mass is 9.90. The number of nitrogens with one attached hydrogen (secondary N) is 2. The molecule has 1 aliphatic rings. The minimum absolute atomic E-state index is 0.316. The zero-order valence-electron chi connectivity index (χ0n) is 25.4. The molecular weight excluding hydrogens is 508 g/mol. The van der Waals surface area contributed by atoms with E-state index in [-0.39, 0.29) is 11.9 Å². The Morgan fingerprint density at radius 3 is 2.02 bits per heavy atom. The van der Waals surface area contributed by atoms with Gasteiger partial charge < -0.3 is 10.1 Å². The van der Waals surface area contributed by atoms with E-state index < -0.39 is 6.03 Å². The maximum Gasteiger partial charge on any atom is 0.322 e. The molecule has 3 aromatic carbocycles. The number of aryl methyl sites for hydroxylation is 1. The van der Waals surface area contributed by atoms with Crippen molar-refractivity contribution in [2.45, 2.75) is 85.6 Å². The second kappa shape index (κ2) is 14.3. The Bertz CT molecular complexity index is 1300. The fourth-order valence-corrected chi connectivity index (χ4v) is 5.61. The van der Waals surface area contributed by atoms with Gasteiger partial charge in [0.15, 0.2) is 0 Å². The quantitative estimate of drug-likeness (QED) is 0.208. The van der Waals surface area contributed by atoms with Gasteiger partial charge in [-0.2, -0.15) is 0 Å². The molecule has 0 heterocycles. The summed E-state index contributed by atoms with van der Waals surface area (Å²) in [5.41, 5.74) is 6.78. The molecule has 0 aromatic heterocycles. The standard InChI is InChI=1S/C36H46N2O3/c1-6-7-12-23-41-32-22-20-26(19-17-24(2)3)33(31(32)21-18-25(4)5)35(39)38-36(40)37-34-29-15-10-8-13-27(29)28-14-9-11-16-30(28)34/h8-11,13-16,20,22,24-25,34H,6-7,12,17-19,21,23H2,1-5H3,(H2,37,38,39,40). The van der Waals surface area contributed by atoms with Crippen LogP contribution in [-0.2, 0) is 12.8 Å². The number of rotatable bonds is 13. The summed E-state index contributed by atoms with van der Waals surface area (Å²) in [6, 6.07) is 19.5. The molecule has 0 unspecified atom stereocenters. The second-order valence-electron chi connectivity index (χ2n) is 12.0. The number of ether oxygens (including phenoxy) is 1. The van der Waals surface area contributed by atoms with Crippen molar-refractivity contribution in [3.8, 4) is 16.9 Å². The van der Waals surface area contributed by atoms with Crippen molar-refractivity contribution < 1.29 is 14.3 Å². The van der Waals surface area contributed by atoms with E-state index in [9.17, 15) is 9.59 Å². The first-order valence-corrected chi connectivity index (χ1v) is 15.4. The SMILES string of the molecule is CCCCCOc1ccc(CCC(C)C)c(C(=O)NC(=O)NC2c3ccccc3-c3ccccc32)c1CCC(C)C. The molecule has 2 N–H and O–H groups in total. The molecule has 1 aliphatic carbocycles. The van der Waals surface area contributed by atoms with Gasteiger partial charge in [-0.05, 0) is 77.8 Å². The predicted octanol–water partition coefficient (Wildman–Crippen LogP) is 8.64. The maximum absolute atomic E-state index is 14.0. The number of carbonyl (C=O) groups excluding carboxylic acids is 2. The van der Waals surface area contributed by atoms with E-state index in [2.05, 4.69) is 57.4 Å². The number of hydrogen-bond donors (Lipinski definition) is 2. The molecule has 4 rings (SSSR count). The Balaban J connectivity index is 1.62. The molecule has 0 spiro atoms. The number of urea groups is 1. The highest BCUT2D eigenvalue weighted by Crippen LogP contribution is 2.43. The number of imide groups is 1. The molecule has 5 heteroatoms. The lowest BCUT2D eigenvalue weighted by Gasteiger charge is -2.21. The highest BCUT2D eigenvalue weighted by molar-refractivity contribution is 6.06. The lowest BCUT2D eigenvalue weighted by Crippen LogP contribution is -2.41. The molecule has 0 aliphatic heterocycles. The van der Waals surface area contributed by atoms with Gasteiger partial charge in [-0.1, -0.05) is 102 Å². The number of unbranched alkanes of at least 4 members (excludes halogenated alkanes) is 2. The van der Waals surface area contributed by atoms with E-state index in [1.165, 1.54) is 0 Å². The van der Waals surface area contributed by atoms with Gasteiger partial charge in [0.05, 0.1) is 12.6 Å². The van der Waals surface area contributed by atoms with Crippen LogP contribution in [0.2, 0.25) is 0 Å². The van der Waals surface area contributed by atoms with Crippen LogP contribution in [-0.4, -0.2) is 18.5 Å². The van der Waals surface area contributed by atoms with Crippen molar-refractivity contribution >= 4 is 11.9 Å². The molecule has 5 nitrogen and oxygen atoms in total. The molecule has 0 fully saturated rings. The molecule has 0 saturated heterocycles. The van der Waals surface area contributed by atoms with Crippen LogP contribution in [0.15, 0.2) is 60.7 Å². The Kier molecular flexibility index (Phi) is 10.6. The number of carbonyl (C=O) groups is 2. The Morgan fingerprint density at radius 2 is 1.41 bits per heavy atom. The monoisotopic (exact) mass is 554 g/mol. The summed E-state index contributed by atoms with van der Waals surface area (Å²) < 4.78 is 6.25. The van der Waals surface area contributed by atoms with Gasteiger partial charge >= 0.3 is 6.03 Å². The van der Waals surface area contributed by atoms with Crippen molar-refractivity contribution in [2.75, 3.05) is 6.61 Å². The van der Waals surface area contributed by atoms with Crippen LogP contribution in [0.25, 0.3) is 11.1 Å². The molecule has 0 radical (unpaired) electrons. The van der Waals surface area contributed by atoms with Gasteiger partial charge in [0, 0.05) is 11.1 Å².